The van der Waals surface area contributed by atoms with Crippen LogP contribution in [0, 0.1) is 24.7 Å². The predicted octanol–water partition coefficient (Wildman–Crippen LogP) is 3.01. The predicted molar refractivity (Wildman–Crippen MR) is 176 cm³/mol. The van der Waals surface area contributed by atoms with Gasteiger partial charge in [0.15, 0.2) is 12.1 Å². The van der Waals surface area contributed by atoms with E-state index < -0.39 is 11.9 Å². The van der Waals surface area contributed by atoms with Crippen LogP contribution >= 0.6 is 0 Å². The summed E-state index contributed by atoms with van der Waals surface area (Å²) in [5.74, 6) is -3.12. The number of H-pyrrole nitrogens is 3. The molecule has 0 radical (unpaired) electrons. The molecule has 5 N–H and O–H groups in total. The van der Waals surface area contributed by atoms with Crippen LogP contribution in [0.1, 0.15) is 92.4 Å². The van der Waals surface area contributed by atoms with Gasteiger partial charge in [-0.2, -0.15) is 0 Å². The third-order valence-electron chi connectivity index (χ3n) is 9.84. The van der Waals surface area contributed by atoms with Crippen LogP contribution in [0.2, 0.25) is 0 Å². The number of ketones is 1. The Hall–Kier alpha value is -5.16. The molecule has 0 spiro atoms. The van der Waals surface area contributed by atoms with Crippen LogP contribution in [-0.4, -0.2) is 58.3 Å². The number of aliphatic hydroxyl groups is 1. The van der Waals surface area contributed by atoms with Crippen LogP contribution in [0.15, 0.2) is 18.0 Å². The molecule has 0 unspecified atom stereocenters. The molecule has 3 aromatic rings. The lowest BCUT2D eigenvalue weighted by molar-refractivity contribution is -0.142. The van der Waals surface area contributed by atoms with Crippen LogP contribution in [-0.2, 0) is 32.1 Å². The van der Waals surface area contributed by atoms with E-state index in [1.807, 2.05) is 39.0 Å². The Morgan fingerprint density at radius 3 is 2.38 bits per heavy atom. The highest BCUT2D eigenvalue weighted by Crippen LogP contribution is 2.48. The van der Waals surface area contributed by atoms with Crippen LogP contribution < -0.4 is 16.0 Å². The van der Waals surface area contributed by atoms with Crippen molar-refractivity contribution in [2.75, 3.05) is 14.2 Å². The van der Waals surface area contributed by atoms with E-state index in [2.05, 4.69) is 26.8 Å². The smallest absolute Gasteiger partial charge is 0.321 e. The lowest BCUT2D eigenvalue weighted by Gasteiger charge is -2.19. The van der Waals surface area contributed by atoms with E-state index >= 15 is 0 Å². The van der Waals surface area contributed by atoms with E-state index in [1.54, 1.807) is 6.08 Å². The van der Waals surface area contributed by atoms with E-state index in [-0.39, 0.29) is 36.6 Å². The number of fused-ring (bicyclic) bond motifs is 7. The molecule has 3 aliphatic rings. The topological polar surface area (TPSA) is 166 Å². The highest BCUT2D eigenvalue weighted by molar-refractivity contribution is 6.24. The van der Waals surface area contributed by atoms with Crippen molar-refractivity contribution >= 4 is 53.9 Å². The van der Waals surface area contributed by atoms with Crippen molar-refractivity contribution in [1.29, 1.82) is 0 Å². The van der Waals surface area contributed by atoms with Crippen molar-refractivity contribution in [3.05, 3.63) is 84.8 Å². The number of hydrogen-bond donors (Lipinski definition) is 5. The summed E-state index contributed by atoms with van der Waals surface area (Å²) >= 11 is 0. The first-order valence-electron chi connectivity index (χ1n) is 15.6. The van der Waals surface area contributed by atoms with Crippen LogP contribution in [0.25, 0.3) is 29.9 Å². The number of aromatic amines is 3. The van der Waals surface area contributed by atoms with Gasteiger partial charge >= 0.3 is 11.9 Å². The number of hydrogen-bond acceptors (Lipinski definition) is 8. The highest BCUT2D eigenvalue weighted by Gasteiger charge is 2.48. The van der Waals surface area contributed by atoms with Gasteiger partial charge in [0.05, 0.1) is 31.9 Å². The second-order valence-corrected chi connectivity index (χ2v) is 12.1. The molecule has 0 amide bonds. The quantitative estimate of drug-likeness (QED) is 0.143. The molecular formula is C36H38N4O7. The Morgan fingerprint density at radius 1 is 1.00 bits per heavy atom. The van der Waals surface area contributed by atoms with Gasteiger partial charge in [-0.05, 0) is 49.1 Å². The van der Waals surface area contributed by atoms with Gasteiger partial charge in [0.25, 0.3) is 0 Å². The fraction of sp³-hybridized carbons (Fsp3) is 0.333. The number of Topliss-reactive ketones (excluding diaryl/α,β-unsaturated/α-hetero) is 1. The van der Waals surface area contributed by atoms with E-state index in [9.17, 15) is 24.3 Å². The zero-order valence-corrected chi connectivity index (χ0v) is 27.1. The standard InChI is InChI=1S/C36H38N4O7/c1-7-18-22(15-42)28-13-26-19(8-2)21(14-41)27(38-26)11-23-16(3)20(9-10-29(43)46-5)33(39-23)31-32(36(45)47-6)35(44)30-17(4)24(40-34(30)31)12-25(18)37-28/h8,11-13,15-16,20,32,37-41H,2,7,9-10,14H2,1,3-6H3/b23-11-,25-12-,28-13+,33-31-/t16-,20-,32+/m0/s1. The van der Waals surface area contributed by atoms with Crippen LogP contribution in [0.5, 0.6) is 0 Å². The molecule has 2 aliphatic heterocycles. The molecule has 244 valence electrons. The van der Waals surface area contributed by atoms with Crippen molar-refractivity contribution in [2.24, 2.45) is 17.8 Å². The van der Waals surface area contributed by atoms with Gasteiger partial charge in [0, 0.05) is 79.9 Å². The van der Waals surface area contributed by atoms with Gasteiger partial charge in [-0.15, -0.1) is 0 Å². The zero-order valence-electron chi connectivity index (χ0n) is 27.1. The van der Waals surface area contributed by atoms with Crippen molar-refractivity contribution < 1.29 is 33.8 Å². The lowest BCUT2D eigenvalue weighted by atomic mass is 9.85. The summed E-state index contributed by atoms with van der Waals surface area (Å²) in [4.78, 5) is 62.4. The van der Waals surface area contributed by atoms with E-state index in [0.29, 0.717) is 85.4 Å². The van der Waals surface area contributed by atoms with Crippen LogP contribution in [0.3, 0.4) is 0 Å². The maximum atomic E-state index is 14.1. The summed E-state index contributed by atoms with van der Waals surface area (Å²) in [7, 11) is 2.60. The van der Waals surface area contributed by atoms with Crippen molar-refractivity contribution in [3.8, 4) is 0 Å². The number of nitrogens with one attached hydrogen (secondary N) is 4. The highest BCUT2D eigenvalue weighted by atomic mass is 16.5. The number of methoxy groups -OCH3 is 2. The molecule has 11 heteroatoms. The molecule has 0 saturated carbocycles. The van der Waals surface area contributed by atoms with Crippen molar-refractivity contribution in [3.63, 3.8) is 0 Å². The van der Waals surface area contributed by atoms with E-state index in [1.165, 1.54) is 14.2 Å². The number of rotatable bonds is 8. The third-order valence-corrected chi connectivity index (χ3v) is 9.84. The normalized spacial score (nSPS) is 23.6. The number of allylic oxidation sites excluding steroid dienone is 2. The Kier molecular flexibility index (Phi) is 8.27. The van der Waals surface area contributed by atoms with Gasteiger partial charge in [0.2, 0.25) is 0 Å². The van der Waals surface area contributed by atoms with Gasteiger partial charge in [-0.25, -0.2) is 0 Å². The van der Waals surface area contributed by atoms with Gasteiger partial charge in [-0.3, -0.25) is 19.2 Å². The maximum Gasteiger partial charge on any atom is 0.321 e. The minimum atomic E-state index is -1.21. The molecule has 47 heavy (non-hydrogen) atoms. The first-order valence-corrected chi connectivity index (χ1v) is 15.6. The van der Waals surface area contributed by atoms with Gasteiger partial charge in [0.1, 0.15) is 5.92 Å². The molecule has 11 nitrogen and oxygen atoms in total. The van der Waals surface area contributed by atoms with Crippen LogP contribution in [0.4, 0.5) is 0 Å². The molecular weight excluding hydrogens is 600 g/mol. The third kappa shape index (κ3) is 4.93. The summed E-state index contributed by atoms with van der Waals surface area (Å²) in [6.07, 6.45) is 9.18. The van der Waals surface area contributed by atoms with Gasteiger partial charge < -0.3 is 34.8 Å². The molecule has 5 heterocycles. The number of aliphatic hydroxyl groups excluding tert-OH is 1. The zero-order chi connectivity index (χ0) is 33.7. The summed E-state index contributed by atoms with van der Waals surface area (Å²) < 4.78 is 10.1. The Morgan fingerprint density at radius 2 is 1.74 bits per heavy atom. The monoisotopic (exact) mass is 638 g/mol. The van der Waals surface area contributed by atoms with Crippen molar-refractivity contribution in [1.82, 2.24) is 20.3 Å². The number of esters is 2. The summed E-state index contributed by atoms with van der Waals surface area (Å²) in [6.45, 7) is 9.51. The van der Waals surface area contributed by atoms with Gasteiger partial charge in [-0.1, -0.05) is 26.5 Å². The summed E-state index contributed by atoms with van der Waals surface area (Å²) in [5.41, 5.74) is 7.99. The molecule has 1 saturated heterocycles. The number of ether oxygens (including phenoxy) is 2. The molecule has 6 rings (SSSR count). The largest absolute Gasteiger partial charge is 0.469 e. The molecule has 3 atom stereocenters. The Labute approximate surface area is 271 Å². The first kappa shape index (κ1) is 31.8. The van der Waals surface area contributed by atoms with Crippen molar-refractivity contribution in [2.45, 2.75) is 46.6 Å². The molecule has 8 bridgehead atoms. The van der Waals surface area contributed by atoms with E-state index in [0.717, 1.165) is 17.5 Å². The molecule has 1 fully saturated rings. The average molecular weight is 639 g/mol. The number of aldehydes is 1. The molecule has 3 aromatic heterocycles. The van der Waals surface area contributed by atoms with E-state index in [4.69, 9.17) is 9.47 Å². The first-order chi connectivity index (χ1) is 22.6. The molecule has 0 aromatic carbocycles. The minimum Gasteiger partial charge on any atom is -0.469 e. The number of carbonyl (C=O) groups is 4. The summed E-state index contributed by atoms with van der Waals surface area (Å²) in [6, 6.07) is 0. The molecule has 1 aliphatic carbocycles. The second-order valence-electron chi connectivity index (χ2n) is 12.1. The number of aromatic nitrogens is 3. The Bertz CT molecular complexity index is 2050. The second kappa shape index (κ2) is 12.2. The fourth-order valence-electron chi connectivity index (χ4n) is 7.38. The summed E-state index contributed by atoms with van der Waals surface area (Å²) in [5, 5.41) is 15.3. The minimum absolute atomic E-state index is 0.127. The maximum absolute atomic E-state index is 14.1. The average Bonchev–Trinajstić information content (AvgIpc) is 3.83. The SMILES string of the molecule is C=Cc1c2[nH]c(c1CO)/C=C1\N/C(=C3\c4[nH]c(c(C)c4C(=O)[C@@H]3C(=O)OC)/C=c3\[nH]/c(c(C=O)c3CC)=C/2)[C@@H](CCC(=O)OC)[C@@H]1C. The fourth-order valence-corrected chi connectivity index (χ4v) is 7.38. The Balaban J connectivity index is 1.74. The number of carbonyl (C=O) groups excluding carboxylic acids is 4. The lowest BCUT2D eigenvalue weighted by Crippen LogP contribution is -2.25.